The molecular weight excluding hydrogens is 216 g/mol. The van der Waals surface area contributed by atoms with Crippen molar-refractivity contribution in [3.8, 4) is 0 Å². The van der Waals surface area contributed by atoms with Gasteiger partial charge in [-0.15, -0.1) is 0 Å². The minimum atomic E-state index is -0.437. The number of carbonyl (C=O) groups is 2. The molecule has 0 aliphatic heterocycles. The van der Waals surface area contributed by atoms with Crippen LogP contribution in [0.5, 0.6) is 0 Å². The summed E-state index contributed by atoms with van der Waals surface area (Å²) < 4.78 is 0. The van der Waals surface area contributed by atoms with Gasteiger partial charge in [0, 0.05) is 17.2 Å². The van der Waals surface area contributed by atoms with Gasteiger partial charge in [-0.2, -0.15) is 0 Å². The summed E-state index contributed by atoms with van der Waals surface area (Å²) in [5.41, 5.74) is 0.908. The predicted molar refractivity (Wildman–Crippen MR) is 67.1 cm³/mol. The van der Waals surface area contributed by atoms with Crippen LogP contribution >= 0.6 is 0 Å². The lowest BCUT2D eigenvalue weighted by atomic mass is 9.89. The zero-order valence-corrected chi connectivity index (χ0v) is 10.7. The van der Waals surface area contributed by atoms with E-state index in [0.717, 1.165) is 18.3 Å². The second kappa shape index (κ2) is 5.08. The van der Waals surface area contributed by atoms with E-state index < -0.39 is 5.41 Å². The molecule has 0 aromatic carbocycles. The molecule has 0 unspecified atom stereocenters. The van der Waals surface area contributed by atoms with E-state index in [-0.39, 0.29) is 5.91 Å². The van der Waals surface area contributed by atoms with Crippen LogP contribution in [-0.4, -0.2) is 17.2 Å². The number of rotatable bonds is 4. The molecule has 4 heteroatoms. The molecule has 1 amide bonds. The number of anilines is 1. The summed E-state index contributed by atoms with van der Waals surface area (Å²) in [5, 5.41) is 2.73. The number of hydrogen-bond donors (Lipinski definition) is 1. The normalized spacial score (nSPS) is 11.1. The van der Waals surface area contributed by atoms with Crippen LogP contribution in [0.15, 0.2) is 12.3 Å². The Balaban J connectivity index is 2.89. The molecule has 0 radical (unpaired) electrons. The second-order valence-corrected chi connectivity index (χ2v) is 4.74. The van der Waals surface area contributed by atoms with E-state index in [0.29, 0.717) is 11.4 Å². The highest BCUT2D eigenvalue weighted by Crippen LogP contribution is 2.22. The number of amides is 1. The first kappa shape index (κ1) is 13.4. The first-order valence-corrected chi connectivity index (χ1v) is 5.64. The van der Waals surface area contributed by atoms with E-state index in [9.17, 15) is 9.59 Å². The molecule has 1 N–H and O–H groups in total. The standard InChI is InChI=1S/C13H18N2O2/c1-5-13(3,4)12(17)15-11-6-10(8-16)9(2)7-14-11/h6-8H,5H2,1-4H3,(H,14,15,17). The molecule has 1 aromatic heterocycles. The zero-order valence-electron chi connectivity index (χ0n) is 10.7. The molecule has 4 nitrogen and oxygen atoms in total. The van der Waals surface area contributed by atoms with Crippen LogP contribution in [0, 0.1) is 12.3 Å². The third kappa shape index (κ3) is 3.12. The van der Waals surface area contributed by atoms with Crippen LogP contribution in [0.4, 0.5) is 5.82 Å². The Morgan fingerprint density at radius 1 is 1.53 bits per heavy atom. The van der Waals surface area contributed by atoms with E-state index in [4.69, 9.17) is 0 Å². The van der Waals surface area contributed by atoms with Gasteiger partial charge in [-0.25, -0.2) is 4.98 Å². The Kier molecular flexibility index (Phi) is 3.99. The average Bonchev–Trinajstić information content (AvgIpc) is 2.31. The number of pyridine rings is 1. The van der Waals surface area contributed by atoms with Crippen LogP contribution in [0.1, 0.15) is 43.1 Å². The number of nitrogens with zero attached hydrogens (tertiary/aromatic N) is 1. The number of aromatic nitrogens is 1. The van der Waals surface area contributed by atoms with Gasteiger partial charge in [0.25, 0.3) is 0 Å². The molecule has 0 atom stereocenters. The van der Waals surface area contributed by atoms with Gasteiger partial charge in [-0.3, -0.25) is 9.59 Å². The molecule has 92 valence electrons. The Morgan fingerprint density at radius 3 is 2.71 bits per heavy atom. The van der Waals surface area contributed by atoms with Gasteiger partial charge in [-0.1, -0.05) is 20.8 Å². The lowest BCUT2D eigenvalue weighted by molar-refractivity contribution is -0.124. The van der Waals surface area contributed by atoms with Gasteiger partial charge in [-0.05, 0) is 25.0 Å². The molecule has 0 aliphatic rings. The van der Waals surface area contributed by atoms with Gasteiger partial charge in [0.1, 0.15) is 5.82 Å². The predicted octanol–water partition coefficient (Wildman–Crippen LogP) is 2.58. The maximum atomic E-state index is 11.9. The molecule has 1 heterocycles. The molecule has 0 saturated heterocycles. The number of aryl methyl sites for hydroxylation is 1. The lowest BCUT2D eigenvalue weighted by Gasteiger charge is -2.21. The summed E-state index contributed by atoms with van der Waals surface area (Å²) >= 11 is 0. The average molecular weight is 234 g/mol. The van der Waals surface area contributed by atoms with Crippen molar-refractivity contribution in [3.63, 3.8) is 0 Å². The third-order valence-corrected chi connectivity index (χ3v) is 3.01. The van der Waals surface area contributed by atoms with Crippen molar-refractivity contribution >= 4 is 18.0 Å². The second-order valence-electron chi connectivity index (χ2n) is 4.74. The van der Waals surface area contributed by atoms with Crippen molar-refractivity contribution < 1.29 is 9.59 Å². The molecule has 0 fully saturated rings. The molecule has 0 bridgehead atoms. The van der Waals surface area contributed by atoms with Crippen molar-refractivity contribution in [3.05, 3.63) is 23.4 Å². The minimum absolute atomic E-state index is 0.0896. The lowest BCUT2D eigenvalue weighted by Crippen LogP contribution is -2.30. The number of carbonyl (C=O) groups excluding carboxylic acids is 2. The summed E-state index contributed by atoms with van der Waals surface area (Å²) in [6.07, 6.45) is 3.08. The van der Waals surface area contributed by atoms with E-state index >= 15 is 0 Å². The fourth-order valence-electron chi connectivity index (χ4n) is 1.18. The SMILES string of the molecule is CCC(C)(C)C(=O)Nc1cc(C=O)c(C)cn1. The Hall–Kier alpha value is -1.71. The molecule has 0 spiro atoms. The van der Waals surface area contributed by atoms with Gasteiger partial charge < -0.3 is 5.32 Å². The van der Waals surface area contributed by atoms with Crippen LogP contribution in [0.3, 0.4) is 0 Å². The molecular formula is C13H18N2O2. The van der Waals surface area contributed by atoms with Crippen molar-refractivity contribution in [2.75, 3.05) is 5.32 Å². The van der Waals surface area contributed by atoms with Gasteiger partial charge in [0.05, 0.1) is 0 Å². The minimum Gasteiger partial charge on any atom is -0.310 e. The Bertz CT molecular complexity index is 439. The van der Waals surface area contributed by atoms with Gasteiger partial charge in [0.2, 0.25) is 5.91 Å². The zero-order chi connectivity index (χ0) is 13.1. The Morgan fingerprint density at radius 2 is 2.18 bits per heavy atom. The quantitative estimate of drug-likeness (QED) is 0.814. The van der Waals surface area contributed by atoms with Crippen molar-refractivity contribution in [1.29, 1.82) is 0 Å². The molecule has 17 heavy (non-hydrogen) atoms. The van der Waals surface area contributed by atoms with E-state index in [1.54, 1.807) is 19.2 Å². The summed E-state index contributed by atoms with van der Waals surface area (Å²) in [5.74, 6) is 0.331. The smallest absolute Gasteiger partial charge is 0.231 e. The van der Waals surface area contributed by atoms with Crippen molar-refractivity contribution in [2.45, 2.75) is 34.1 Å². The maximum Gasteiger partial charge on any atom is 0.231 e. The first-order valence-electron chi connectivity index (χ1n) is 5.64. The van der Waals surface area contributed by atoms with Gasteiger partial charge in [0.15, 0.2) is 6.29 Å². The van der Waals surface area contributed by atoms with Gasteiger partial charge >= 0.3 is 0 Å². The summed E-state index contributed by atoms with van der Waals surface area (Å²) in [6.45, 7) is 7.51. The fourth-order valence-corrected chi connectivity index (χ4v) is 1.18. The molecule has 0 aliphatic carbocycles. The van der Waals surface area contributed by atoms with Crippen LogP contribution in [0.2, 0.25) is 0 Å². The first-order chi connectivity index (χ1) is 7.90. The molecule has 1 rings (SSSR count). The summed E-state index contributed by atoms with van der Waals surface area (Å²) in [7, 11) is 0. The van der Waals surface area contributed by atoms with E-state index in [1.807, 2.05) is 20.8 Å². The summed E-state index contributed by atoms with van der Waals surface area (Å²) in [4.78, 5) is 26.8. The highest BCUT2D eigenvalue weighted by atomic mass is 16.2. The maximum absolute atomic E-state index is 11.9. The van der Waals surface area contributed by atoms with Crippen LogP contribution in [0.25, 0.3) is 0 Å². The third-order valence-electron chi connectivity index (χ3n) is 3.01. The van der Waals surface area contributed by atoms with E-state index in [2.05, 4.69) is 10.3 Å². The van der Waals surface area contributed by atoms with Crippen LogP contribution in [-0.2, 0) is 4.79 Å². The summed E-state index contributed by atoms with van der Waals surface area (Å²) in [6, 6.07) is 1.59. The largest absolute Gasteiger partial charge is 0.310 e. The number of aldehydes is 1. The molecule has 1 aromatic rings. The Labute approximate surface area is 101 Å². The van der Waals surface area contributed by atoms with Crippen LogP contribution < -0.4 is 5.32 Å². The monoisotopic (exact) mass is 234 g/mol. The topological polar surface area (TPSA) is 59.1 Å². The van der Waals surface area contributed by atoms with E-state index in [1.165, 1.54) is 0 Å². The fraction of sp³-hybridized carbons (Fsp3) is 0.462. The van der Waals surface area contributed by atoms with Crippen molar-refractivity contribution in [2.24, 2.45) is 5.41 Å². The number of nitrogens with one attached hydrogen (secondary N) is 1. The highest BCUT2D eigenvalue weighted by Gasteiger charge is 2.25. The molecule has 0 saturated carbocycles. The highest BCUT2D eigenvalue weighted by molar-refractivity contribution is 5.94. The van der Waals surface area contributed by atoms with Crippen molar-refractivity contribution in [1.82, 2.24) is 4.98 Å². The number of hydrogen-bond acceptors (Lipinski definition) is 3.